The molecule has 0 bridgehead atoms. The molecule has 7 nitrogen and oxygen atoms in total. The van der Waals surface area contributed by atoms with Crippen LogP contribution in [0.4, 0.5) is 5.69 Å². The number of nitrogens with zero attached hydrogens (tertiary/aromatic N) is 2. The zero-order valence-corrected chi connectivity index (χ0v) is 11.9. The van der Waals surface area contributed by atoms with Crippen LogP contribution in [0, 0.1) is 21.4 Å². The topological polar surface area (TPSA) is 110 Å². The highest BCUT2D eigenvalue weighted by Crippen LogP contribution is 2.28. The van der Waals surface area contributed by atoms with E-state index in [1.165, 1.54) is 24.3 Å². The van der Waals surface area contributed by atoms with Gasteiger partial charge in [0.15, 0.2) is 11.0 Å². The maximum Gasteiger partial charge on any atom is 0.305 e. The summed E-state index contributed by atoms with van der Waals surface area (Å²) >= 11 is 0. The number of nitro groups is 1. The molecule has 0 saturated carbocycles. The first-order valence-corrected chi connectivity index (χ1v) is 7.48. The lowest BCUT2D eigenvalue weighted by Crippen LogP contribution is -2.12. The zero-order chi connectivity index (χ0) is 16.2. The Kier molecular flexibility index (Phi) is 4.50. The summed E-state index contributed by atoms with van der Waals surface area (Å²) in [5.74, 6) is 0. The van der Waals surface area contributed by atoms with E-state index in [2.05, 4.69) is 0 Å². The second-order valence-corrected chi connectivity index (χ2v) is 5.74. The number of hydrogen-bond donors (Lipinski definition) is 0. The van der Waals surface area contributed by atoms with Crippen molar-refractivity contribution in [1.82, 2.24) is 0 Å². The Bertz CT molecular complexity index is 828. The number of benzene rings is 2. The minimum absolute atomic E-state index is 0.340. The quantitative estimate of drug-likeness (QED) is 0.476. The minimum Gasteiger partial charge on any atom is -0.258 e. The molecule has 0 aliphatic carbocycles. The van der Waals surface area contributed by atoms with Gasteiger partial charge in [-0.15, -0.1) is 0 Å². The Balaban J connectivity index is 2.40. The van der Waals surface area contributed by atoms with E-state index in [0.29, 0.717) is 5.56 Å². The highest BCUT2D eigenvalue weighted by atomic mass is 32.2. The van der Waals surface area contributed by atoms with Crippen molar-refractivity contribution in [2.24, 2.45) is 0 Å². The summed E-state index contributed by atoms with van der Waals surface area (Å²) < 4.78 is 29.3. The van der Waals surface area contributed by atoms with Crippen LogP contribution in [0.15, 0.2) is 59.5 Å². The third-order valence-electron chi connectivity index (χ3n) is 2.77. The monoisotopic (exact) mass is 318 g/mol. The van der Waals surface area contributed by atoms with Gasteiger partial charge in [0.1, 0.15) is 6.07 Å². The molecule has 0 radical (unpaired) electrons. The first-order valence-electron chi connectivity index (χ1n) is 6.07. The predicted octanol–water partition coefficient (Wildman–Crippen LogP) is 2.56. The van der Waals surface area contributed by atoms with Gasteiger partial charge in [0, 0.05) is 6.07 Å². The molecule has 1 atom stereocenters. The van der Waals surface area contributed by atoms with E-state index < -0.39 is 31.7 Å². The van der Waals surface area contributed by atoms with E-state index in [4.69, 9.17) is 9.44 Å². The molecule has 0 aliphatic heterocycles. The number of para-hydroxylation sites is 1. The molecule has 0 N–H and O–H groups in total. The van der Waals surface area contributed by atoms with E-state index in [9.17, 15) is 18.5 Å². The van der Waals surface area contributed by atoms with Gasteiger partial charge in [0.05, 0.1) is 4.92 Å². The Morgan fingerprint density at radius 1 is 1.09 bits per heavy atom. The van der Waals surface area contributed by atoms with E-state index in [1.807, 2.05) is 0 Å². The molecule has 0 amide bonds. The van der Waals surface area contributed by atoms with Crippen LogP contribution in [-0.2, 0) is 14.3 Å². The fourth-order valence-electron chi connectivity index (χ4n) is 1.78. The van der Waals surface area contributed by atoms with Crippen molar-refractivity contribution in [2.45, 2.75) is 11.0 Å². The molecule has 2 aromatic carbocycles. The van der Waals surface area contributed by atoms with Crippen molar-refractivity contribution in [2.75, 3.05) is 0 Å². The average molecular weight is 318 g/mol. The number of rotatable bonds is 5. The highest BCUT2D eigenvalue weighted by Gasteiger charge is 2.29. The van der Waals surface area contributed by atoms with Gasteiger partial charge in [-0.05, 0) is 11.6 Å². The Hall–Kier alpha value is -2.76. The Labute approximate surface area is 126 Å². The molecule has 0 saturated heterocycles. The maximum atomic E-state index is 12.2. The fraction of sp³-hybridized carbons (Fsp3) is 0.0714. The lowest BCUT2D eigenvalue weighted by Gasteiger charge is -2.11. The van der Waals surface area contributed by atoms with E-state index in [-0.39, 0.29) is 0 Å². The third kappa shape index (κ3) is 3.28. The summed E-state index contributed by atoms with van der Waals surface area (Å²) in [6.45, 7) is 0. The van der Waals surface area contributed by atoms with Gasteiger partial charge in [-0.25, -0.2) is 4.18 Å². The molecular formula is C14H10N2O5S. The van der Waals surface area contributed by atoms with Crippen LogP contribution in [-0.4, -0.2) is 13.3 Å². The lowest BCUT2D eigenvalue weighted by molar-refractivity contribution is -0.387. The van der Waals surface area contributed by atoms with Crippen molar-refractivity contribution in [3.8, 4) is 6.07 Å². The van der Waals surface area contributed by atoms with Gasteiger partial charge in [0.2, 0.25) is 0 Å². The molecular weight excluding hydrogens is 308 g/mol. The first kappa shape index (κ1) is 15.6. The van der Waals surface area contributed by atoms with Crippen LogP contribution in [0.2, 0.25) is 0 Å². The molecule has 22 heavy (non-hydrogen) atoms. The van der Waals surface area contributed by atoms with Crippen LogP contribution in [0.1, 0.15) is 11.7 Å². The zero-order valence-electron chi connectivity index (χ0n) is 11.1. The Morgan fingerprint density at radius 2 is 1.68 bits per heavy atom. The SMILES string of the molecule is N#C[C@H](OS(=O)(=O)c1ccccc1[N+](=O)[O-])c1ccccc1. The Morgan fingerprint density at radius 3 is 2.27 bits per heavy atom. The smallest absolute Gasteiger partial charge is 0.258 e. The molecule has 2 rings (SSSR count). The molecule has 0 spiro atoms. The molecule has 0 fully saturated rings. The molecule has 0 aliphatic rings. The fourth-order valence-corrected chi connectivity index (χ4v) is 2.93. The number of nitro benzene ring substituents is 1. The maximum absolute atomic E-state index is 12.2. The van der Waals surface area contributed by atoms with Crippen molar-refractivity contribution in [3.05, 3.63) is 70.3 Å². The van der Waals surface area contributed by atoms with E-state index in [1.54, 1.807) is 24.3 Å². The molecule has 112 valence electrons. The van der Waals surface area contributed by atoms with Crippen molar-refractivity contribution >= 4 is 15.8 Å². The summed E-state index contributed by atoms with van der Waals surface area (Å²) in [7, 11) is -4.46. The minimum atomic E-state index is -4.46. The van der Waals surface area contributed by atoms with Crippen LogP contribution in [0.25, 0.3) is 0 Å². The highest BCUT2D eigenvalue weighted by molar-refractivity contribution is 7.87. The molecule has 8 heteroatoms. The third-order valence-corrected chi connectivity index (χ3v) is 4.10. The van der Waals surface area contributed by atoms with Crippen molar-refractivity contribution in [1.29, 1.82) is 5.26 Å². The molecule has 0 unspecified atom stereocenters. The first-order chi connectivity index (χ1) is 10.5. The summed E-state index contributed by atoms with van der Waals surface area (Å²) in [6.07, 6.45) is -1.38. The van der Waals surface area contributed by atoms with Gasteiger partial charge in [-0.2, -0.15) is 13.7 Å². The van der Waals surface area contributed by atoms with Gasteiger partial charge in [0.25, 0.3) is 5.69 Å². The summed E-state index contributed by atoms with van der Waals surface area (Å²) in [4.78, 5) is 9.51. The van der Waals surface area contributed by atoms with Crippen molar-refractivity contribution in [3.63, 3.8) is 0 Å². The van der Waals surface area contributed by atoms with Crippen LogP contribution in [0.3, 0.4) is 0 Å². The molecule has 0 heterocycles. The largest absolute Gasteiger partial charge is 0.305 e. The molecule has 0 aromatic heterocycles. The average Bonchev–Trinajstić information content (AvgIpc) is 2.53. The van der Waals surface area contributed by atoms with Crippen LogP contribution >= 0.6 is 0 Å². The summed E-state index contributed by atoms with van der Waals surface area (Å²) in [6, 6.07) is 14.5. The summed E-state index contributed by atoms with van der Waals surface area (Å²) in [5, 5.41) is 20.0. The summed E-state index contributed by atoms with van der Waals surface area (Å²) in [5.41, 5.74) is -0.264. The van der Waals surface area contributed by atoms with E-state index >= 15 is 0 Å². The standard InChI is InChI=1S/C14H10N2O5S/c15-10-13(11-6-2-1-3-7-11)21-22(19,20)14-9-5-4-8-12(14)16(17)18/h1-9,13H/t13-/m0/s1. The predicted molar refractivity (Wildman–Crippen MR) is 76.2 cm³/mol. The van der Waals surface area contributed by atoms with Gasteiger partial charge in [-0.3, -0.25) is 10.1 Å². The second kappa shape index (κ2) is 6.34. The van der Waals surface area contributed by atoms with E-state index in [0.717, 1.165) is 12.1 Å². The van der Waals surface area contributed by atoms with Gasteiger partial charge >= 0.3 is 10.1 Å². The van der Waals surface area contributed by atoms with Gasteiger partial charge in [-0.1, -0.05) is 42.5 Å². The van der Waals surface area contributed by atoms with Gasteiger partial charge < -0.3 is 0 Å². The molecule has 2 aromatic rings. The second-order valence-electron chi connectivity index (χ2n) is 4.20. The van der Waals surface area contributed by atoms with Crippen molar-refractivity contribution < 1.29 is 17.5 Å². The number of nitriles is 1. The number of hydrogen-bond acceptors (Lipinski definition) is 6. The normalized spacial score (nSPS) is 12.3. The van der Waals surface area contributed by atoms with Crippen LogP contribution in [0.5, 0.6) is 0 Å². The van der Waals surface area contributed by atoms with Crippen LogP contribution < -0.4 is 0 Å². The lowest BCUT2D eigenvalue weighted by atomic mass is 10.1.